The molecule has 6 nitrogen and oxygen atoms in total. The number of ketones is 1. The second-order valence-electron chi connectivity index (χ2n) is 11.9. The van der Waals surface area contributed by atoms with Gasteiger partial charge in [0.25, 0.3) is 0 Å². The summed E-state index contributed by atoms with van der Waals surface area (Å²) in [6, 6.07) is 43.5. The molecule has 1 amide bonds. The van der Waals surface area contributed by atoms with Crippen molar-refractivity contribution in [1.82, 2.24) is 10.3 Å². The Labute approximate surface area is 289 Å². The molecule has 238 valence electrons. The highest BCUT2D eigenvalue weighted by Gasteiger charge is 2.24. The number of allylic oxidation sites excluding steroid dienone is 6. The molecular weight excluding hydrogens is 617 g/mol. The summed E-state index contributed by atoms with van der Waals surface area (Å²) in [6.45, 7) is 0. The van der Waals surface area contributed by atoms with E-state index >= 15 is 0 Å². The van der Waals surface area contributed by atoms with E-state index < -0.39 is 0 Å². The lowest BCUT2D eigenvalue weighted by atomic mass is 9.99. The Morgan fingerprint density at radius 1 is 0.440 bits per heavy atom. The van der Waals surface area contributed by atoms with E-state index in [-0.39, 0.29) is 11.7 Å². The molecule has 8 rings (SSSR count). The van der Waals surface area contributed by atoms with Crippen molar-refractivity contribution in [3.8, 4) is 0 Å². The van der Waals surface area contributed by atoms with Crippen LogP contribution in [0.15, 0.2) is 197 Å². The Bertz CT molecular complexity index is 2390. The molecule has 0 saturated carbocycles. The number of rotatable bonds is 8. The first-order valence-corrected chi connectivity index (χ1v) is 16.3. The number of hydrogen-bond acceptors (Lipinski definition) is 4. The number of hydrogen-bond donors (Lipinski definition) is 2. The molecule has 0 spiro atoms. The number of amides is 1. The number of nitrogens with one attached hydrogen (secondary N) is 2. The van der Waals surface area contributed by atoms with Crippen LogP contribution in [0.25, 0.3) is 16.7 Å². The highest BCUT2D eigenvalue weighted by atomic mass is 16.1. The van der Waals surface area contributed by atoms with Crippen LogP contribution in [0, 0.1) is 0 Å². The van der Waals surface area contributed by atoms with Crippen molar-refractivity contribution in [2.24, 2.45) is 9.98 Å². The zero-order chi connectivity index (χ0) is 33.9. The summed E-state index contributed by atoms with van der Waals surface area (Å²) in [4.78, 5) is 39.2. The summed E-state index contributed by atoms with van der Waals surface area (Å²) in [6.07, 6.45) is 11.0. The van der Waals surface area contributed by atoms with Crippen molar-refractivity contribution in [1.29, 1.82) is 0 Å². The number of H-pyrrole nitrogens is 1. The van der Waals surface area contributed by atoms with Gasteiger partial charge >= 0.3 is 0 Å². The van der Waals surface area contributed by atoms with Crippen LogP contribution < -0.4 is 5.32 Å². The Kier molecular flexibility index (Phi) is 8.09. The van der Waals surface area contributed by atoms with Gasteiger partial charge in [-0.3, -0.25) is 9.59 Å². The first-order chi connectivity index (χ1) is 24.6. The lowest BCUT2D eigenvalue weighted by Crippen LogP contribution is -2.16. The summed E-state index contributed by atoms with van der Waals surface area (Å²) in [5, 5.41) is 2.96. The molecule has 2 N–H and O–H groups in total. The Balaban J connectivity index is 1.25. The number of nitrogens with zero attached hydrogens (tertiary/aromatic N) is 2. The average molecular weight is 647 g/mol. The molecule has 0 radical (unpaired) electrons. The summed E-state index contributed by atoms with van der Waals surface area (Å²) >= 11 is 0. The molecule has 0 bridgehead atoms. The molecule has 3 aliphatic rings. The standard InChI is InChI=1S/C44H30N4O2/c49-40-28-27-38(48-40)43(31-17-9-3-10-18-31)36-24-23-34(46-36)41(29-13-5-1-6-14-29)33-21-22-35(45-33)42(30-15-7-2-8-16-30)37-25-26-39(47-37)44(50)32-19-11-4-12-20-32/h1-28,45H,(H,48,49)/b41-34+,42-37-,43-38-. The van der Waals surface area contributed by atoms with Gasteiger partial charge in [0, 0.05) is 39.7 Å². The monoisotopic (exact) mass is 646 g/mol. The quantitative estimate of drug-likeness (QED) is 0.166. The SMILES string of the molecule is O=C1C=C/C(=C(C2=N/C(=C(\c3ccccc3)c3ccc(/C(=C4/C=CC(C(=O)c5ccccc5)=N4)c4ccccc4)[nH]3)C=C2)\c2ccccc2)N1. The summed E-state index contributed by atoms with van der Waals surface area (Å²) in [5.74, 6) is -0.274. The van der Waals surface area contributed by atoms with Crippen molar-refractivity contribution in [2.45, 2.75) is 0 Å². The predicted molar refractivity (Wildman–Crippen MR) is 200 cm³/mol. The summed E-state index contributed by atoms with van der Waals surface area (Å²) in [7, 11) is 0. The largest absolute Gasteiger partial charge is 0.354 e. The third-order valence-electron chi connectivity index (χ3n) is 8.66. The fourth-order valence-electron chi connectivity index (χ4n) is 6.35. The summed E-state index contributed by atoms with van der Waals surface area (Å²) < 4.78 is 0. The van der Waals surface area contributed by atoms with Gasteiger partial charge in [-0.2, -0.15) is 0 Å². The second-order valence-corrected chi connectivity index (χ2v) is 11.9. The topological polar surface area (TPSA) is 86.7 Å². The summed E-state index contributed by atoms with van der Waals surface area (Å²) in [5.41, 5.74) is 11.2. The van der Waals surface area contributed by atoms with Crippen molar-refractivity contribution < 1.29 is 9.59 Å². The molecule has 6 heteroatoms. The van der Waals surface area contributed by atoms with E-state index in [2.05, 4.69) is 28.5 Å². The minimum absolute atomic E-state index is 0.119. The molecule has 0 saturated heterocycles. The van der Waals surface area contributed by atoms with Crippen LogP contribution in [-0.2, 0) is 4.79 Å². The molecule has 50 heavy (non-hydrogen) atoms. The van der Waals surface area contributed by atoms with Gasteiger partial charge in [-0.15, -0.1) is 0 Å². The predicted octanol–water partition coefficient (Wildman–Crippen LogP) is 8.54. The van der Waals surface area contributed by atoms with Crippen molar-refractivity contribution in [2.75, 3.05) is 0 Å². The van der Waals surface area contributed by atoms with Gasteiger partial charge in [0.2, 0.25) is 11.7 Å². The molecular formula is C44H30N4O2. The lowest BCUT2D eigenvalue weighted by Gasteiger charge is -2.12. The van der Waals surface area contributed by atoms with Gasteiger partial charge in [-0.05, 0) is 59.2 Å². The third kappa shape index (κ3) is 5.98. The number of benzene rings is 4. The van der Waals surface area contributed by atoms with Gasteiger partial charge in [0.05, 0.1) is 22.8 Å². The number of Topliss-reactive ketones (excluding diaryl/α,β-unsaturated/α-hetero) is 1. The molecule has 4 heterocycles. The molecule has 3 aliphatic heterocycles. The van der Waals surface area contributed by atoms with E-state index in [1.165, 1.54) is 6.08 Å². The maximum Gasteiger partial charge on any atom is 0.248 e. The van der Waals surface area contributed by atoms with E-state index in [1.807, 2.05) is 121 Å². The highest BCUT2D eigenvalue weighted by Crippen LogP contribution is 2.36. The van der Waals surface area contributed by atoms with Crippen LogP contribution in [-0.4, -0.2) is 28.1 Å². The first kappa shape index (κ1) is 30.4. The van der Waals surface area contributed by atoms with E-state index in [4.69, 9.17) is 9.98 Å². The Morgan fingerprint density at radius 3 is 1.36 bits per heavy atom. The van der Waals surface area contributed by atoms with Gasteiger partial charge < -0.3 is 10.3 Å². The van der Waals surface area contributed by atoms with Crippen LogP contribution in [0.1, 0.15) is 38.4 Å². The molecule has 0 atom stereocenters. The minimum Gasteiger partial charge on any atom is -0.354 e. The van der Waals surface area contributed by atoms with E-state index in [0.717, 1.165) is 56.2 Å². The minimum atomic E-state index is -0.156. The first-order valence-electron chi connectivity index (χ1n) is 16.3. The van der Waals surface area contributed by atoms with Crippen LogP contribution >= 0.6 is 0 Å². The Morgan fingerprint density at radius 2 is 0.880 bits per heavy atom. The fourth-order valence-corrected chi connectivity index (χ4v) is 6.35. The molecule has 5 aromatic rings. The normalized spacial score (nSPS) is 17.8. The molecule has 1 aromatic heterocycles. The zero-order valence-corrected chi connectivity index (χ0v) is 26.9. The van der Waals surface area contributed by atoms with Crippen LogP contribution in [0.5, 0.6) is 0 Å². The highest BCUT2D eigenvalue weighted by molar-refractivity contribution is 6.50. The Hall–Kier alpha value is -6.92. The molecule has 4 aromatic carbocycles. The lowest BCUT2D eigenvalue weighted by molar-refractivity contribution is -0.115. The van der Waals surface area contributed by atoms with Crippen LogP contribution in [0.4, 0.5) is 0 Å². The average Bonchev–Trinajstić information content (AvgIpc) is 4.01. The van der Waals surface area contributed by atoms with Crippen molar-refractivity contribution in [3.05, 3.63) is 221 Å². The fraction of sp³-hybridized carbons (Fsp3) is 0. The van der Waals surface area contributed by atoms with Gasteiger partial charge in [0.1, 0.15) is 5.71 Å². The van der Waals surface area contributed by atoms with Crippen molar-refractivity contribution >= 4 is 39.8 Å². The zero-order valence-electron chi connectivity index (χ0n) is 26.9. The maximum absolute atomic E-state index is 13.3. The van der Waals surface area contributed by atoms with Gasteiger partial charge in [-0.25, -0.2) is 9.98 Å². The number of carbonyl (C=O) groups excluding carboxylic acids is 2. The van der Waals surface area contributed by atoms with Crippen LogP contribution in [0.2, 0.25) is 0 Å². The van der Waals surface area contributed by atoms with E-state index in [0.29, 0.717) is 22.7 Å². The molecule has 0 fully saturated rings. The number of carbonyl (C=O) groups is 2. The number of aromatic nitrogens is 1. The smallest absolute Gasteiger partial charge is 0.248 e. The third-order valence-corrected chi connectivity index (χ3v) is 8.66. The number of aromatic amines is 1. The van der Waals surface area contributed by atoms with Crippen LogP contribution in [0.3, 0.4) is 0 Å². The van der Waals surface area contributed by atoms with E-state index in [9.17, 15) is 9.59 Å². The van der Waals surface area contributed by atoms with Crippen molar-refractivity contribution in [3.63, 3.8) is 0 Å². The maximum atomic E-state index is 13.3. The second kappa shape index (κ2) is 13.3. The molecule has 0 aliphatic carbocycles. The number of aliphatic imine (C=N–C) groups is 2. The van der Waals surface area contributed by atoms with Gasteiger partial charge in [0.15, 0.2) is 0 Å². The molecule has 0 unspecified atom stereocenters. The van der Waals surface area contributed by atoms with E-state index in [1.54, 1.807) is 24.3 Å². The van der Waals surface area contributed by atoms with Gasteiger partial charge in [-0.1, -0.05) is 121 Å².